The Morgan fingerprint density at radius 3 is 2.79 bits per heavy atom. The van der Waals surface area contributed by atoms with Gasteiger partial charge in [-0.05, 0) is 32.1 Å². The van der Waals surface area contributed by atoms with Crippen molar-refractivity contribution in [3.8, 4) is 0 Å². The molecule has 1 aliphatic heterocycles. The molecule has 0 spiro atoms. The highest BCUT2D eigenvalue weighted by Gasteiger charge is 2.23. The summed E-state index contributed by atoms with van der Waals surface area (Å²) in [6.45, 7) is 1.68. The molecule has 3 rings (SSSR count). The lowest BCUT2D eigenvalue weighted by Gasteiger charge is -2.22. The fraction of sp³-hybridized carbons (Fsp3) is 0.824. The first-order valence-corrected chi connectivity index (χ1v) is 8.98. The van der Waals surface area contributed by atoms with E-state index in [1.54, 1.807) is 11.9 Å². The number of aromatic nitrogens is 2. The normalized spacial score (nSPS) is 22.0. The topological polar surface area (TPSA) is 77.7 Å². The molecule has 134 valence electrons. The fourth-order valence-corrected chi connectivity index (χ4v) is 3.30. The first kappa shape index (κ1) is 17.4. The van der Waals surface area contributed by atoms with Crippen molar-refractivity contribution in [1.82, 2.24) is 15.0 Å². The Kier molecular flexibility index (Phi) is 6.20. The molecule has 0 radical (unpaired) electrons. The van der Waals surface area contributed by atoms with Crippen LogP contribution < -0.4 is 0 Å². The van der Waals surface area contributed by atoms with Crippen LogP contribution in [0.2, 0.25) is 0 Å². The maximum atomic E-state index is 12.1. The van der Waals surface area contributed by atoms with E-state index >= 15 is 0 Å². The van der Waals surface area contributed by atoms with E-state index in [-0.39, 0.29) is 18.6 Å². The van der Waals surface area contributed by atoms with Crippen LogP contribution in [-0.4, -0.2) is 53.9 Å². The number of rotatable bonds is 7. The SMILES string of the molecule is CN(Cc1noc(C2CCCC2)n1)C(=O)COC[C@@H]1CCCCO1. The highest BCUT2D eigenvalue weighted by atomic mass is 16.5. The van der Waals surface area contributed by atoms with Crippen LogP contribution in [0.1, 0.15) is 62.6 Å². The molecular weight excluding hydrogens is 310 g/mol. The molecule has 1 saturated carbocycles. The standard InChI is InChI=1S/C17H27N3O4/c1-20(16(21)12-22-11-14-8-4-5-9-23-14)10-15-18-17(24-19-15)13-6-2-3-7-13/h13-14H,2-12H2,1H3/t14-/m0/s1. The number of hydrogen-bond donors (Lipinski definition) is 0. The summed E-state index contributed by atoms with van der Waals surface area (Å²) in [5.74, 6) is 1.58. The number of nitrogens with zero attached hydrogens (tertiary/aromatic N) is 3. The maximum absolute atomic E-state index is 12.1. The quantitative estimate of drug-likeness (QED) is 0.759. The fourth-order valence-electron chi connectivity index (χ4n) is 3.30. The smallest absolute Gasteiger partial charge is 0.248 e. The van der Waals surface area contributed by atoms with Crippen LogP contribution in [-0.2, 0) is 20.8 Å². The van der Waals surface area contributed by atoms with Crippen LogP contribution in [0, 0.1) is 0 Å². The number of ether oxygens (including phenoxy) is 2. The van der Waals surface area contributed by atoms with Crippen molar-refractivity contribution in [3.05, 3.63) is 11.7 Å². The Balaban J connectivity index is 1.39. The highest BCUT2D eigenvalue weighted by molar-refractivity contribution is 5.77. The largest absolute Gasteiger partial charge is 0.376 e. The van der Waals surface area contributed by atoms with Gasteiger partial charge < -0.3 is 18.9 Å². The van der Waals surface area contributed by atoms with Crippen molar-refractivity contribution < 1.29 is 18.8 Å². The molecule has 0 unspecified atom stereocenters. The van der Waals surface area contributed by atoms with Gasteiger partial charge in [-0.1, -0.05) is 18.0 Å². The van der Waals surface area contributed by atoms with Crippen LogP contribution in [0.3, 0.4) is 0 Å². The summed E-state index contributed by atoms with van der Waals surface area (Å²) >= 11 is 0. The second-order valence-electron chi connectivity index (χ2n) is 6.78. The van der Waals surface area contributed by atoms with Gasteiger partial charge in [0.05, 0.1) is 19.3 Å². The van der Waals surface area contributed by atoms with Gasteiger partial charge in [0.15, 0.2) is 5.82 Å². The van der Waals surface area contributed by atoms with Crippen LogP contribution in [0.15, 0.2) is 4.52 Å². The lowest BCUT2D eigenvalue weighted by Crippen LogP contribution is -2.32. The Morgan fingerprint density at radius 1 is 1.25 bits per heavy atom. The Morgan fingerprint density at radius 2 is 2.04 bits per heavy atom. The summed E-state index contributed by atoms with van der Waals surface area (Å²) in [5, 5.41) is 4.00. The van der Waals surface area contributed by atoms with Gasteiger partial charge in [-0.3, -0.25) is 4.79 Å². The monoisotopic (exact) mass is 337 g/mol. The Bertz CT molecular complexity index is 522. The molecule has 1 atom stereocenters. The van der Waals surface area contributed by atoms with Crippen LogP contribution in [0.5, 0.6) is 0 Å². The molecule has 24 heavy (non-hydrogen) atoms. The average Bonchev–Trinajstić information content (AvgIpc) is 3.27. The summed E-state index contributed by atoms with van der Waals surface area (Å²) in [5.41, 5.74) is 0. The van der Waals surface area contributed by atoms with Crippen molar-refractivity contribution in [2.75, 3.05) is 26.9 Å². The van der Waals surface area contributed by atoms with Gasteiger partial charge in [0, 0.05) is 19.6 Å². The average molecular weight is 337 g/mol. The minimum Gasteiger partial charge on any atom is -0.376 e. The summed E-state index contributed by atoms with van der Waals surface area (Å²) in [4.78, 5) is 18.1. The third-order valence-electron chi connectivity index (χ3n) is 4.80. The molecule has 7 nitrogen and oxygen atoms in total. The van der Waals surface area contributed by atoms with E-state index in [4.69, 9.17) is 14.0 Å². The van der Waals surface area contributed by atoms with Gasteiger partial charge in [-0.15, -0.1) is 0 Å². The first-order chi connectivity index (χ1) is 11.7. The van der Waals surface area contributed by atoms with Crippen LogP contribution >= 0.6 is 0 Å². The van der Waals surface area contributed by atoms with E-state index in [1.165, 1.54) is 19.3 Å². The third kappa shape index (κ3) is 4.77. The van der Waals surface area contributed by atoms with E-state index in [2.05, 4.69) is 10.1 Å². The second kappa shape index (κ2) is 8.58. The van der Waals surface area contributed by atoms with E-state index in [1.807, 2.05) is 0 Å². The lowest BCUT2D eigenvalue weighted by molar-refractivity contribution is -0.137. The molecular formula is C17H27N3O4. The summed E-state index contributed by atoms with van der Waals surface area (Å²) < 4.78 is 16.4. The van der Waals surface area contributed by atoms with Crippen molar-refractivity contribution in [1.29, 1.82) is 0 Å². The number of carbonyl (C=O) groups excluding carboxylic acids is 1. The first-order valence-electron chi connectivity index (χ1n) is 8.98. The lowest BCUT2D eigenvalue weighted by atomic mass is 10.1. The molecule has 2 fully saturated rings. The summed E-state index contributed by atoms with van der Waals surface area (Å²) in [6, 6.07) is 0. The third-order valence-corrected chi connectivity index (χ3v) is 4.80. The van der Waals surface area contributed by atoms with E-state index in [9.17, 15) is 4.79 Å². The van der Waals surface area contributed by atoms with Gasteiger partial charge in [0.25, 0.3) is 0 Å². The molecule has 2 aliphatic rings. The molecule has 1 aliphatic carbocycles. The van der Waals surface area contributed by atoms with Crippen molar-refractivity contribution in [2.45, 2.75) is 63.5 Å². The zero-order valence-corrected chi connectivity index (χ0v) is 14.4. The molecule has 1 aromatic heterocycles. The molecule has 1 saturated heterocycles. The van der Waals surface area contributed by atoms with Crippen molar-refractivity contribution in [3.63, 3.8) is 0 Å². The number of carbonyl (C=O) groups is 1. The van der Waals surface area contributed by atoms with Gasteiger partial charge in [-0.25, -0.2) is 0 Å². The second-order valence-corrected chi connectivity index (χ2v) is 6.78. The molecule has 1 amide bonds. The molecule has 0 aromatic carbocycles. The number of likely N-dealkylation sites (N-methyl/N-ethyl adjacent to an activating group) is 1. The molecule has 0 N–H and O–H groups in total. The molecule has 7 heteroatoms. The van der Waals surface area contributed by atoms with E-state index in [0.717, 1.165) is 32.3 Å². The van der Waals surface area contributed by atoms with E-state index < -0.39 is 0 Å². The number of amides is 1. The summed E-state index contributed by atoms with van der Waals surface area (Å²) in [7, 11) is 1.73. The Labute approximate surface area is 142 Å². The predicted molar refractivity (Wildman–Crippen MR) is 86.4 cm³/mol. The zero-order valence-electron chi connectivity index (χ0n) is 14.4. The number of hydrogen-bond acceptors (Lipinski definition) is 6. The molecule has 0 bridgehead atoms. The predicted octanol–water partition coefficient (Wildman–Crippen LogP) is 2.27. The van der Waals surface area contributed by atoms with Crippen molar-refractivity contribution >= 4 is 5.91 Å². The van der Waals surface area contributed by atoms with Gasteiger partial charge >= 0.3 is 0 Å². The van der Waals surface area contributed by atoms with Crippen LogP contribution in [0.25, 0.3) is 0 Å². The molecule has 1 aromatic rings. The van der Waals surface area contributed by atoms with Gasteiger partial charge in [-0.2, -0.15) is 4.98 Å². The Hall–Kier alpha value is -1.47. The maximum Gasteiger partial charge on any atom is 0.248 e. The van der Waals surface area contributed by atoms with Crippen LogP contribution in [0.4, 0.5) is 0 Å². The molecule has 2 heterocycles. The highest BCUT2D eigenvalue weighted by Crippen LogP contribution is 2.32. The van der Waals surface area contributed by atoms with Gasteiger partial charge in [0.2, 0.25) is 11.8 Å². The van der Waals surface area contributed by atoms with Gasteiger partial charge in [0.1, 0.15) is 6.61 Å². The van der Waals surface area contributed by atoms with Crippen molar-refractivity contribution in [2.24, 2.45) is 0 Å². The minimum atomic E-state index is -0.0852. The minimum absolute atomic E-state index is 0.0592. The summed E-state index contributed by atoms with van der Waals surface area (Å²) in [6.07, 6.45) is 8.11. The zero-order chi connectivity index (χ0) is 16.8. The van der Waals surface area contributed by atoms with E-state index in [0.29, 0.717) is 30.8 Å².